The minimum atomic E-state index is -0.768. The molecule has 0 fully saturated rings. The molecule has 2 rings (SSSR count). The lowest BCUT2D eigenvalue weighted by atomic mass is 10.1. The van der Waals surface area contributed by atoms with E-state index in [9.17, 15) is 4.79 Å². The molecule has 0 atom stereocenters. The Balaban J connectivity index is 2.31. The van der Waals surface area contributed by atoms with E-state index in [-0.39, 0.29) is 6.42 Å². The third-order valence-corrected chi connectivity index (χ3v) is 3.73. The standard InChI is InChI=1S/C14H15NO2S/c1-9-3-5-11(6-4-9)14-12(7-8-13(16)17)18-10(2)15-14/h3-6H,7-8H2,1-2H3,(H,16,17). The molecule has 18 heavy (non-hydrogen) atoms. The Hall–Kier alpha value is -1.68. The van der Waals surface area contributed by atoms with Gasteiger partial charge in [-0.1, -0.05) is 29.8 Å². The van der Waals surface area contributed by atoms with Crippen LogP contribution in [0.5, 0.6) is 0 Å². The van der Waals surface area contributed by atoms with Gasteiger partial charge in [-0.05, 0) is 20.3 Å². The fourth-order valence-corrected chi connectivity index (χ4v) is 2.75. The summed E-state index contributed by atoms with van der Waals surface area (Å²) in [6, 6.07) is 8.16. The topological polar surface area (TPSA) is 50.2 Å². The van der Waals surface area contributed by atoms with Crippen LogP contribution in [0.15, 0.2) is 24.3 Å². The summed E-state index contributed by atoms with van der Waals surface area (Å²) in [5, 5.41) is 9.74. The first kappa shape index (κ1) is 12.8. The number of hydrogen-bond acceptors (Lipinski definition) is 3. The lowest BCUT2D eigenvalue weighted by Crippen LogP contribution is -1.97. The van der Waals surface area contributed by atoms with Crippen LogP contribution in [-0.2, 0) is 11.2 Å². The van der Waals surface area contributed by atoms with Gasteiger partial charge in [-0.25, -0.2) is 4.98 Å². The number of aliphatic carboxylic acids is 1. The summed E-state index contributed by atoms with van der Waals surface area (Å²) in [6.45, 7) is 3.99. The Morgan fingerprint density at radius 1 is 1.28 bits per heavy atom. The predicted molar refractivity (Wildman–Crippen MR) is 73.0 cm³/mol. The van der Waals surface area contributed by atoms with E-state index in [4.69, 9.17) is 5.11 Å². The van der Waals surface area contributed by atoms with Crippen molar-refractivity contribution in [3.63, 3.8) is 0 Å². The molecular formula is C14H15NO2S. The second-order valence-electron chi connectivity index (χ2n) is 4.26. The second kappa shape index (κ2) is 5.31. The Kier molecular flexibility index (Phi) is 3.77. The van der Waals surface area contributed by atoms with Crippen LogP contribution < -0.4 is 0 Å². The van der Waals surface area contributed by atoms with Crippen LogP contribution in [0.2, 0.25) is 0 Å². The van der Waals surface area contributed by atoms with Crippen molar-refractivity contribution < 1.29 is 9.90 Å². The molecule has 0 saturated carbocycles. The summed E-state index contributed by atoms with van der Waals surface area (Å²) in [5.74, 6) is -0.768. The lowest BCUT2D eigenvalue weighted by Gasteiger charge is -2.02. The van der Waals surface area contributed by atoms with Crippen molar-refractivity contribution in [1.29, 1.82) is 0 Å². The van der Waals surface area contributed by atoms with Crippen molar-refractivity contribution in [3.05, 3.63) is 39.7 Å². The monoisotopic (exact) mass is 261 g/mol. The molecule has 1 aromatic carbocycles. The smallest absolute Gasteiger partial charge is 0.303 e. The van der Waals surface area contributed by atoms with Gasteiger partial charge in [0, 0.05) is 10.4 Å². The maximum atomic E-state index is 10.7. The number of thiazole rings is 1. The zero-order valence-electron chi connectivity index (χ0n) is 10.4. The highest BCUT2D eigenvalue weighted by molar-refractivity contribution is 7.12. The third kappa shape index (κ3) is 2.96. The number of aromatic nitrogens is 1. The van der Waals surface area contributed by atoms with Crippen LogP contribution in [0.1, 0.15) is 21.9 Å². The van der Waals surface area contributed by atoms with Gasteiger partial charge < -0.3 is 5.11 Å². The number of hydrogen-bond donors (Lipinski definition) is 1. The molecule has 0 aliphatic heterocycles. The van der Waals surface area contributed by atoms with Gasteiger partial charge in [0.25, 0.3) is 0 Å². The van der Waals surface area contributed by atoms with Gasteiger partial charge >= 0.3 is 5.97 Å². The molecule has 0 saturated heterocycles. The minimum Gasteiger partial charge on any atom is -0.481 e. The molecule has 0 unspecified atom stereocenters. The molecule has 1 N–H and O–H groups in total. The van der Waals surface area contributed by atoms with Crippen molar-refractivity contribution in [1.82, 2.24) is 4.98 Å². The number of carbonyl (C=O) groups is 1. The Bertz CT molecular complexity index is 558. The van der Waals surface area contributed by atoms with Crippen LogP contribution in [0.25, 0.3) is 11.3 Å². The van der Waals surface area contributed by atoms with Crippen molar-refractivity contribution in [2.24, 2.45) is 0 Å². The van der Waals surface area contributed by atoms with E-state index in [1.165, 1.54) is 5.56 Å². The maximum absolute atomic E-state index is 10.7. The summed E-state index contributed by atoms with van der Waals surface area (Å²) in [4.78, 5) is 16.2. The Morgan fingerprint density at radius 2 is 1.94 bits per heavy atom. The normalized spacial score (nSPS) is 10.6. The van der Waals surface area contributed by atoms with Crippen molar-refractivity contribution in [2.45, 2.75) is 26.7 Å². The average molecular weight is 261 g/mol. The van der Waals surface area contributed by atoms with Crippen LogP contribution in [0.3, 0.4) is 0 Å². The van der Waals surface area contributed by atoms with Gasteiger partial charge in [0.15, 0.2) is 0 Å². The quantitative estimate of drug-likeness (QED) is 0.917. The van der Waals surface area contributed by atoms with E-state index >= 15 is 0 Å². The average Bonchev–Trinajstić information content (AvgIpc) is 2.69. The highest BCUT2D eigenvalue weighted by Gasteiger charge is 2.12. The number of nitrogens with zero attached hydrogens (tertiary/aromatic N) is 1. The molecule has 1 heterocycles. The first-order valence-corrected chi connectivity index (χ1v) is 6.63. The summed E-state index contributed by atoms with van der Waals surface area (Å²) in [5.41, 5.74) is 3.20. The fourth-order valence-electron chi connectivity index (χ4n) is 1.80. The molecule has 0 spiro atoms. The highest BCUT2D eigenvalue weighted by atomic mass is 32.1. The van der Waals surface area contributed by atoms with Crippen LogP contribution in [0, 0.1) is 13.8 Å². The number of rotatable bonds is 4. The van der Waals surface area contributed by atoms with E-state index in [0.717, 1.165) is 21.1 Å². The molecular weight excluding hydrogens is 246 g/mol. The molecule has 3 nitrogen and oxygen atoms in total. The SMILES string of the molecule is Cc1ccc(-c2nc(C)sc2CCC(=O)O)cc1. The second-order valence-corrected chi connectivity index (χ2v) is 5.55. The molecule has 0 radical (unpaired) electrons. The molecule has 1 aromatic heterocycles. The van der Waals surface area contributed by atoms with E-state index in [1.54, 1.807) is 11.3 Å². The Morgan fingerprint density at radius 3 is 2.56 bits per heavy atom. The number of carboxylic acid groups (broad SMARTS) is 1. The van der Waals surface area contributed by atoms with E-state index in [1.807, 2.05) is 38.1 Å². The maximum Gasteiger partial charge on any atom is 0.303 e. The number of carboxylic acids is 1. The van der Waals surface area contributed by atoms with Crippen LogP contribution >= 0.6 is 11.3 Å². The zero-order chi connectivity index (χ0) is 13.1. The van der Waals surface area contributed by atoms with Crippen LogP contribution in [0.4, 0.5) is 0 Å². The molecule has 2 aromatic rings. The highest BCUT2D eigenvalue weighted by Crippen LogP contribution is 2.29. The fraction of sp³-hybridized carbons (Fsp3) is 0.286. The largest absolute Gasteiger partial charge is 0.481 e. The van der Waals surface area contributed by atoms with E-state index < -0.39 is 5.97 Å². The first-order chi connectivity index (χ1) is 8.56. The van der Waals surface area contributed by atoms with Gasteiger partial charge in [-0.15, -0.1) is 11.3 Å². The van der Waals surface area contributed by atoms with Gasteiger partial charge in [-0.3, -0.25) is 4.79 Å². The lowest BCUT2D eigenvalue weighted by molar-refractivity contribution is -0.136. The molecule has 4 heteroatoms. The Labute approximate surface area is 110 Å². The van der Waals surface area contributed by atoms with Gasteiger partial charge in [0.05, 0.1) is 17.1 Å². The van der Waals surface area contributed by atoms with Gasteiger partial charge in [0.2, 0.25) is 0 Å². The number of aryl methyl sites for hydroxylation is 3. The van der Waals surface area contributed by atoms with Crippen molar-refractivity contribution in [2.75, 3.05) is 0 Å². The zero-order valence-corrected chi connectivity index (χ0v) is 11.3. The minimum absolute atomic E-state index is 0.153. The third-order valence-electron chi connectivity index (χ3n) is 2.70. The summed E-state index contributed by atoms with van der Waals surface area (Å²) >= 11 is 1.58. The van der Waals surface area contributed by atoms with Gasteiger partial charge in [0.1, 0.15) is 0 Å². The summed E-state index contributed by atoms with van der Waals surface area (Å²) in [6.07, 6.45) is 0.699. The molecule has 0 aliphatic rings. The number of benzene rings is 1. The molecule has 0 bridgehead atoms. The molecule has 0 aliphatic carbocycles. The molecule has 0 amide bonds. The van der Waals surface area contributed by atoms with Crippen molar-refractivity contribution in [3.8, 4) is 11.3 Å². The summed E-state index contributed by atoms with van der Waals surface area (Å²) < 4.78 is 0. The van der Waals surface area contributed by atoms with Gasteiger partial charge in [-0.2, -0.15) is 0 Å². The first-order valence-electron chi connectivity index (χ1n) is 5.81. The van der Waals surface area contributed by atoms with Crippen LogP contribution in [-0.4, -0.2) is 16.1 Å². The van der Waals surface area contributed by atoms with E-state index in [0.29, 0.717) is 6.42 Å². The van der Waals surface area contributed by atoms with Crippen molar-refractivity contribution >= 4 is 17.3 Å². The predicted octanol–water partition coefficient (Wildman–Crippen LogP) is 3.44. The molecule has 94 valence electrons. The summed E-state index contributed by atoms with van der Waals surface area (Å²) in [7, 11) is 0. The van der Waals surface area contributed by atoms with E-state index in [2.05, 4.69) is 4.98 Å².